The largest absolute Gasteiger partial charge is 0.381 e. The van der Waals surface area contributed by atoms with E-state index in [4.69, 9.17) is 21.3 Å². The molecule has 0 aliphatic carbocycles. The summed E-state index contributed by atoms with van der Waals surface area (Å²) in [5.41, 5.74) is 1.18. The second-order valence-corrected chi connectivity index (χ2v) is 7.26. The fourth-order valence-electron chi connectivity index (χ4n) is 3.15. The van der Waals surface area contributed by atoms with E-state index in [-0.39, 0.29) is 29.5 Å². The van der Waals surface area contributed by atoms with Gasteiger partial charge in [-0.05, 0) is 45.5 Å². The number of hydrogen-bond donors (Lipinski definition) is 1. The van der Waals surface area contributed by atoms with Crippen LogP contribution in [-0.2, 0) is 11.3 Å². The Morgan fingerprint density at radius 2 is 1.88 bits per heavy atom. The lowest BCUT2D eigenvalue weighted by molar-refractivity contribution is -0.00262. The molecule has 0 bridgehead atoms. The van der Waals surface area contributed by atoms with Gasteiger partial charge in [-0.1, -0.05) is 29.8 Å². The van der Waals surface area contributed by atoms with E-state index >= 15 is 0 Å². The molecule has 0 spiro atoms. The van der Waals surface area contributed by atoms with E-state index in [0.717, 1.165) is 62.2 Å². The predicted octanol–water partition coefficient (Wildman–Crippen LogP) is 3.47. The molecule has 1 fully saturated rings. The van der Waals surface area contributed by atoms with Crippen LogP contribution in [0.2, 0.25) is 5.02 Å². The van der Waals surface area contributed by atoms with Gasteiger partial charge in [0, 0.05) is 43.9 Å². The Morgan fingerprint density at radius 1 is 1.23 bits per heavy atom. The van der Waals surface area contributed by atoms with Gasteiger partial charge < -0.3 is 19.9 Å². The number of nitrogens with one attached hydrogen (secondary N) is 1. The zero-order valence-electron chi connectivity index (χ0n) is 16.3. The zero-order chi connectivity index (χ0) is 18.3. The van der Waals surface area contributed by atoms with Crippen molar-refractivity contribution in [3.05, 3.63) is 34.9 Å². The van der Waals surface area contributed by atoms with Crippen molar-refractivity contribution in [3.8, 4) is 0 Å². The van der Waals surface area contributed by atoms with Gasteiger partial charge in [0.15, 0.2) is 5.96 Å². The van der Waals surface area contributed by atoms with Crippen molar-refractivity contribution in [3.63, 3.8) is 0 Å². The Balaban J connectivity index is 0.00000338. The second kappa shape index (κ2) is 11.3. The summed E-state index contributed by atoms with van der Waals surface area (Å²) in [5.74, 6) is 0.912. The highest BCUT2D eigenvalue weighted by molar-refractivity contribution is 14.0. The first-order chi connectivity index (χ1) is 12.0. The quantitative estimate of drug-likeness (QED) is 0.373. The molecule has 0 aromatic heterocycles. The monoisotopic (exact) mass is 494 g/mol. The molecule has 0 atom stereocenters. The number of ether oxygens (including phenoxy) is 1. The van der Waals surface area contributed by atoms with Gasteiger partial charge in [-0.2, -0.15) is 0 Å². The molecule has 7 heteroatoms. The number of rotatable bonds is 6. The SMILES string of the molecule is CCNC(=NCC1(N(C)C)CCOCC1)N(C)Cc1ccccc1Cl.I. The number of guanidine groups is 1. The highest BCUT2D eigenvalue weighted by Crippen LogP contribution is 2.26. The van der Waals surface area contributed by atoms with E-state index in [9.17, 15) is 0 Å². The first kappa shape index (κ1) is 23.5. The normalized spacial score (nSPS) is 16.9. The minimum Gasteiger partial charge on any atom is -0.381 e. The van der Waals surface area contributed by atoms with E-state index in [1.807, 2.05) is 18.2 Å². The predicted molar refractivity (Wildman–Crippen MR) is 121 cm³/mol. The number of likely N-dealkylation sites (N-methyl/N-ethyl adjacent to an activating group) is 1. The Kier molecular flexibility index (Phi) is 10.2. The number of benzene rings is 1. The van der Waals surface area contributed by atoms with Crippen LogP contribution in [0.15, 0.2) is 29.3 Å². The minimum absolute atomic E-state index is 0. The lowest BCUT2D eigenvalue weighted by atomic mass is 9.89. The van der Waals surface area contributed by atoms with Crippen LogP contribution >= 0.6 is 35.6 Å². The van der Waals surface area contributed by atoms with Gasteiger partial charge in [-0.3, -0.25) is 4.99 Å². The summed E-state index contributed by atoms with van der Waals surface area (Å²) >= 11 is 6.31. The van der Waals surface area contributed by atoms with Crippen molar-refractivity contribution in [1.82, 2.24) is 15.1 Å². The average molecular weight is 495 g/mol. The first-order valence-electron chi connectivity index (χ1n) is 8.96. The van der Waals surface area contributed by atoms with E-state index in [2.05, 4.69) is 49.2 Å². The van der Waals surface area contributed by atoms with Crippen LogP contribution in [-0.4, -0.2) is 68.7 Å². The number of hydrogen-bond acceptors (Lipinski definition) is 3. The van der Waals surface area contributed by atoms with Crippen LogP contribution < -0.4 is 5.32 Å². The molecule has 0 saturated carbocycles. The number of nitrogens with zero attached hydrogens (tertiary/aromatic N) is 3. The van der Waals surface area contributed by atoms with E-state index in [0.29, 0.717) is 0 Å². The first-order valence-corrected chi connectivity index (χ1v) is 9.34. The maximum atomic E-state index is 6.31. The van der Waals surface area contributed by atoms with Crippen LogP contribution in [0, 0.1) is 0 Å². The third-order valence-electron chi connectivity index (χ3n) is 4.96. The summed E-state index contributed by atoms with van der Waals surface area (Å²) in [6.45, 7) is 6.03. The van der Waals surface area contributed by atoms with Crippen molar-refractivity contribution in [1.29, 1.82) is 0 Å². The molecule has 1 N–H and O–H groups in total. The van der Waals surface area contributed by atoms with Gasteiger partial charge in [0.2, 0.25) is 0 Å². The van der Waals surface area contributed by atoms with Crippen molar-refractivity contribution in [2.75, 3.05) is 47.4 Å². The molecule has 1 aromatic carbocycles. The summed E-state index contributed by atoms with van der Waals surface area (Å²) in [4.78, 5) is 9.38. The zero-order valence-corrected chi connectivity index (χ0v) is 19.4. The van der Waals surface area contributed by atoms with E-state index in [1.54, 1.807) is 0 Å². The molecular weight excluding hydrogens is 463 g/mol. The molecule has 0 radical (unpaired) electrons. The van der Waals surface area contributed by atoms with Crippen molar-refractivity contribution >= 4 is 41.5 Å². The van der Waals surface area contributed by atoms with Gasteiger partial charge >= 0.3 is 0 Å². The van der Waals surface area contributed by atoms with Crippen molar-refractivity contribution in [2.24, 2.45) is 4.99 Å². The van der Waals surface area contributed by atoms with Gasteiger partial charge in [0.1, 0.15) is 0 Å². The molecule has 1 aromatic rings. The maximum absolute atomic E-state index is 6.31. The lowest BCUT2D eigenvalue weighted by Gasteiger charge is -2.42. The molecule has 1 heterocycles. The van der Waals surface area contributed by atoms with Crippen LogP contribution in [0.4, 0.5) is 0 Å². The second-order valence-electron chi connectivity index (χ2n) is 6.85. The fraction of sp³-hybridized carbons (Fsp3) is 0.632. The van der Waals surface area contributed by atoms with Crippen molar-refractivity contribution < 1.29 is 4.74 Å². The fourth-order valence-corrected chi connectivity index (χ4v) is 3.34. The van der Waals surface area contributed by atoms with Gasteiger partial charge in [-0.15, -0.1) is 24.0 Å². The molecule has 2 rings (SSSR count). The van der Waals surface area contributed by atoms with Crippen LogP contribution in [0.3, 0.4) is 0 Å². The van der Waals surface area contributed by atoms with E-state index < -0.39 is 0 Å². The maximum Gasteiger partial charge on any atom is 0.194 e. The topological polar surface area (TPSA) is 40.1 Å². The van der Waals surface area contributed by atoms with Crippen LogP contribution in [0.25, 0.3) is 0 Å². The summed E-state index contributed by atoms with van der Waals surface area (Å²) in [6.07, 6.45) is 2.02. The van der Waals surface area contributed by atoms with Gasteiger partial charge in [-0.25, -0.2) is 0 Å². The summed E-state index contributed by atoms with van der Waals surface area (Å²) < 4.78 is 5.55. The summed E-state index contributed by atoms with van der Waals surface area (Å²) in [6, 6.07) is 7.96. The van der Waals surface area contributed by atoms with E-state index in [1.165, 1.54) is 0 Å². The van der Waals surface area contributed by atoms with Gasteiger partial charge in [0.05, 0.1) is 6.54 Å². The summed E-state index contributed by atoms with van der Waals surface area (Å²) in [7, 11) is 6.33. The number of aliphatic imine (C=N–C) groups is 1. The highest BCUT2D eigenvalue weighted by atomic mass is 127. The number of halogens is 2. The standard InChI is InChI=1S/C19H31ClN4O.HI/c1-5-21-18(24(4)14-16-8-6-7-9-17(16)20)22-15-19(23(2)3)10-12-25-13-11-19;/h6-9H,5,10-15H2,1-4H3,(H,21,22);1H. The summed E-state index contributed by atoms with van der Waals surface area (Å²) in [5, 5.41) is 4.19. The lowest BCUT2D eigenvalue weighted by Crippen LogP contribution is -2.51. The van der Waals surface area contributed by atoms with Crippen molar-refractivity contribution in [2.45, 2.75) is 31.8 Å². The van der Waals surface area contributed by atoms with Crippen LogP contribution in [0.1, 0.15) is 25.3 Å². The smallest absolute Gasteiger partial charge is 0.194 e. The average Bonchev–Trinajstić information content (AvgIpc) is 2.61. The molecule has 148 valence electrons. The van der Waals surface area contributed by atoms with Crippen LogP contribution in [0.5, 0.6) is 0 Å². The molecule has 1 aliphatic heterocycles. The Hall–Kier alpha value is -0.570. The molecular formula is C19H32ClIN4O. The molecule has 1 saturated heterocycles. The highest BCUT2D eigenvalue weighted by Gasteiger charge is 2.34. The molecule has 1 aliphatic rings. The molecule has 26 heavy (non-hydrogen) atoms. The molecule has 5 nitrogen and oxygen atoms in total. The molecule has 0 amide bonds. The Bertz CT molecular complexity index is 576. The third kappa shape index (κ3) is 6.25. The Morgan fingerprint density at radius 3 is 2.46 bits per heavy atom. The minimum atomic E-state index is 0. The third-order valence-corrected chi connectivity index (χ3v) is 5.33. The van der Waals surface area contributed by atoms with Gasteiger partial charge in [0.25, 0.3) is 0 Å². The molecule has 0 unspecified atom stereocenters. The Labute approximate surface area is 180 Å².